The molecule has 1 fully saturated rings. The van der Waals surface area contributed by atoms with Gasteiger partial charge in [-0.2, -0.15) is 0 Å². The number of fused-ring (bicyclic) bond motifs is 1. The Morgan fingerprint density at radius 1 is 1.18 bits per heavy atom. The minimum atomic E-state index is -0.363. The first-order valence-electron chi connectivity index (χ1n) is 9.63. The van der Waals surface area contributed by atoms with Crippen LogP contribution in [0, 0.1) is 0 Å². The number of imide groups is 1. The zero-order valence-electron chi connectivity index (χ0n) is 15.9. The summed E-state index contributed by atoms with van der Waals surface area (Å²) in [5.41, 5.74) is 0.737. The van der Waals surface area contributed by atoms with E-state index in [0.717, 1.165) is 28.6 Å². The van der Waals surface area contributed by atoms with Crippen LogP contribution in [0.5, 0.6) is 0 Å². The van der Waals surface area contributed by atoms with E-state index in [1.165, 1.54) is 0 Å². The average molecular weight is 450 g/mol. The molecule has 1 aromatic rings. The van der Waals surface area contributed by atoms with Gasteiger partial charge in [0.1, 0.15) is 0 Å². The first-order chi connectivity index (χ1) is 13.4. The highest BCUT2D eigenvalue weighted by Crippen LogP contribution is 2.26. The summed E-state index contributed by atoms with van der Waals surface area (Å²) in [4.78, 5) is 52.2. The van der Waals surface area contributed by atoms with Gasteiger partial charge in [-0.25, -0.2) is 0 Å². The van der Waals surface area contributed by atoms with Crippen molar-refractivity contribution in [1.82, 2.24) is 15.1 Å². The SMILES string of the molecule is CCCC(=O)NC1CCCN(C(=O)CCN2C(=O)c3ccc(Br)cc3C2=O)C1. The zero-order chi connectivity index (χ0) is 20.3. The predicted octanol–water partition coefficient (Wildman–Crippen LogP) is 2.34. The second-order valence-corrected chi connectivity index (χ2v) is 8.11. The Morgan fingerprint density at radius 3 is 2.68 bits per heavy atom. The first kappa shape index (κ1) is 20.5. The Labute approximate surface area is 172 Å². The van der Waals surface area contributed by atoms with Crippen LogP contribution in [0.4, 0.5) is 0 Å². The number of carbonyl (C=O) groups is 4. The third kappa shape index (κ3) is 4.43. The second kappa shape index (κ2) is 8.86. The van der Waals surface area contributed by atoms with Crippen LogP contribution in [-0.4, -0.2) is 59.1 Å². The Bertz CT molecular complexity index is 811. The van der Waals surface area contributed by atoms with Crippen molar-refractivity contribution >= 4 is 39.6 Å². The Balaban J connectivity index is 1.55. The van der Waals surface area contributed by atoms with Gasteiger partial charge < -0.3 is 10.2 Å². The first-order valence-corrected chi connectivity index (χ1v) is 10.4. The van der Waals surface area contributed by atoms with Gasteiger partial charge in [-0.05, 0) is 37.5 Å². The minimum absolute atomic E-state index is 0.0129. The maximum Gasteiger partial charge on any atom is 0.261 e. The van der Waals surface area contributed by atoms with Gasteiger partial charge in [0.25, 0.3) is 11.8 Å². The number of nitrogens with one attached hydrogen (secondary N) is 1. The van der Waals surface area contributed by atoms with Gasteiger partial charge in [0.2, 0.25) is 11.8 Å². The monoisotopic (exact) mass is 449 g/mol. The summed E-state index contributed by atoms with van der Waals surface area (Å²) in [5.74, 6) is -0.813. The maximum atomic E-state index is 12.6. The highest BCUT2D eigenvalue weighted by Gasteiger charge is 2.36. The number of amides is 4. The van der Waals surface area contributed by atoms with E-state index in [1.54, 1.807) is 23.1 Å². The fraction of sp³-hybridized carbons (Fsp3) is 0.500. The van der Waals surface area contributed by atoms with Crippen LogP contribution in [0.15, 0.2) is 22.7 Å². The number of halogens is 1. The lowest BCUT2D eigenvalue weighted by atomic mass is 10.0. The molecule has 150 valence electrons. The molecule has 2 aliphatic heterocycles. The van der Waals surface area contributed by atoms with E-state index in [0.29, 0.717) is 30.6 Å². The molecular formula is C20H24BrN3O4. The lowest BCUT2D eigenvalue weighted by Gasteiger charge is -2.33. The molecule has 0 radical (unpaired) electrons. The van der Waals surface area contributed by atoms with Gasteiger partial charge in [0.05, 0.1) is 11.1 Å². The van der Waals surface area contributed by atoms with Crippen molar-refractivity contribution in [2.75, 3.05) is 19.6 Å². The van der Waals surface area contributed by atoms with Crippen LogP contribution in [-0.2, 0) is 9.59 Å². The normalized spacial score (nSPS) is 19.0. The van der Waals surface area contributed by atoms with Crippen molar-refractivity contribution in [1.29, 1.82) is 0 Å². The summed E-state index contributed by atoms with van der Waals surface area (Å²) >= 11 is 3.31. The zero-order valence-corrected chi connectivity index (χ0v) is 17.5. The van der Waals surface area contributed by atoms with Crippen LogP contribution in [0.25, 0.3) is 0 Å². The molecule has 1 atom stereocenters. The summed E-state index contributed by atoms with van der Waals surface area (Å²) < 4.78 is 0.731. The molecule has 4 amide bonds. The number of benzene rings is 1. The maximum absolute atomic E-state index is 12.6. The quantitative estimate of drug-likeness (QED) is 0.675. The number of nitrogens with zero attached hydrogens (tertiary/aromatic N) is 2. The van der Waals surface area contributed by atoms with Gasteiger partial charge in [0, 0.05) is 43.0 Å². The van der Waals surface area contributed by atoms with E-state index in [2.05, 4.69) is 21.2 Å². The topological polar surface area (TPSA) is 86.8 Å². The Morgan fingerprint density at radius 2 is 1.93 bits per heavy atom. The molecule has 3 rings (SSSR count). The van der Waals surface area contributed by atoms with Crippen LogP contribution in [0.3, 0.4) is 0 Å². The molecule has 7 nitrogen and oxygen atoms in total. The van der Waals surface area contributed by atoms with E-state index in [1.807, 2.05) is 6.92 Å². The van der Waals surface area contributed by atoms with E-state index in [4.69, 9.17) is 0 Å². The number of hydrogen-bond acceptors (Lipinski definition) is 4. The van der Waals surface area contributed by atoms with E-state index in [-0.39, 0.29) is 42.6 Å². The molecule has 28 heavy (non-hydrogen) atoms. The number of likely N-dealkylation sites (tertiary alicyclic amines) is 1. The number of hydrogen-bond donors (Lipinski definition) is 1. The Hall–Kier alpha value is -2.22. The lowest BCUT2D eigenvalue weighted by molar-refractivity contribution is -0.133. The predicted molar refractivity (Wildman–Crippen MR) is 107 cm³/mol. The highest BCUT2D eigenvalue weighted by atomic mass is 79.9. The van der Waals surface area contributed by atoms with Crippen molar-refractivity contribution in [2.24, 2.45) is 0 Å². The van der Waals surface area contributed by atoms with Crippen molar-refractivity contribution in [2.45, 2.75) is 45.1 Å². The molecule has 1 N–H and O–H groups in total. The lowest BCUT2D eigenvalue weighted by Crippen LogP contribution is -2.50. The van der Waals surface area contributed by atoms with Gasteiger partial charge >= 0.3 is 0 Å². The summed E-state index contributed by atoms with van der Waals surface area (Å²) in [6, 6.07) is 4.94. The number of rotatable bonds is 6. The standard InChI is InChI=1S/C20H24BrN3O4/c1-2-4-17(25)22-14-5-3-9-23(12-14)18(26)8-10-24-19(27)15-7-6-13(21)11-16(15)20(24)28/h6-7,11,14H,2-5,8-10,12H2,1H3,(H,22,25). The molecule has 1 aromatic carbocycles. The van der Waals surface area contributed by atoms with E-state index >= 15 is 0 Å². The average Bonchev–Trinajstić information content (AvgIpc) is 2.90. The fourth-order valence-electron chi connectivity index (χ4n) is 3.68. The third-order valence-corrected chi connectivity index (χ3v) is 5.59. The largest absolute Gasteiger partial charge is 0.352 e. The molecule has 1 unspecified atom stereocenters. The molecule has 1 saturated heterocycles. The van der Waals surface area contributed by atoms with Crippen molar-refractivity contribution in [3.05, 3.63) is 33.8 Å². The number of carbonyl (C=O) groups excluding carboxylic acids is 4. The molecule has 8 heteroatoms. The molecule has 0 aliphatic carbocycles. The molecule has 0 bridgehead atoms. The molecule has 0 aromatic heterocycles. The molecule has 2 heterocycles. The van der Waals surface area contributed by atoms with E-state index < -0.39 is 0 Å². The third-order valence-electron chi connectivity index (χ3n) is 5.10. The summed E-state index contributed by atoms with van der Waals surface area (Å²) in [6.07, 6.45) is 3.04. The number of piperidine rings is 1. The molecule has 0 saturated carbocycles. The van der Waals surface area contributed by atoms with E-state index in [9.17, 15) is 19.2 Å². The highest BCUT2D eigenvalue weighted by molar-refractivity contribution is 9.10. The smallest absolute Gasteiger partial charge is 0.261 e. The summed E-state index contributed by atoms with van der Waals surface area (Å²) in [7, 11) is 0. The summed E-state index contributed by atoms with van der Waals surface area (Å²) in [5, 5.41) is 2.98. The molecular weight excluding hydrogens is 426 g/mol. The Kier molecular flexibility index (Phi) is 6.49. The van der Waals surface area contributed by atoms with Gasteiger partial charge in [0.15, 0.2) is 0 Å². The summed E-state index contributed by atoms with van der Waals surface area (Å²) in [6.45, 7) is 3.12. The molecule has 0 spiro atoms. The minimum Gasteiger partial charge on any atom is -0.352 e. The van der Waals surface area contributed by atoms with Crippen LogP contribution < -0.4 is 5.32 Å². The van der Waals surface area contributed by atoms with Crippen molar-refractivity contribution in [3.8, 4) is 0 Å². The van der Waals surface area contributed by atoms with Gasteiger partial charge in [-0.3, -0.25) is 24.1 Å². The van der Waals surface area contributed by atoms with Crippen LogP contribution in [0.1, 0.15) is 59.7 Å². The van der Waals surface area contributed by atoms with Crippen molar-refractivity contribution in [3.63, 3.8) is 0 Å². The van der Waals surface area contributed by atoms with Crippen molar-refractivity contribution < 1.29 is 19.2 Å². The van der Waals surface area contributed by atoms with Crippen LogP contribution in [0.2, 0.25) is 0 Å². The molecule has 2 aliphatic rings. The van der Waals surface area contributed by atoms with Gasteiger partial charge in [-0.1, -0.05) is 22.9 Å². The van der Waals surface area contributed by atoms with Crippen LogP contribution >= 0.6 is 15.9 Å². The second-order valence-electron chi connectivity index (χ2n) is 7.20. The fourth-order valence-corrected chi connectivity index (χ4v) is 4.04. The van der Waals surface area contributed by atoms with Gasteiger partial charge in [-0.15, -0.1) is 0 Å².